The van der Waals surface area contributed by atoms with Crippen LogP contribution < -0.4 is 10.1 Å². The molecule has 0 aliphatic carbocycles. The van der Waals surface area contributed by atoms with Crippen LogP contribution in [0.25, 0.3) is 0 Å². The van der Waals surface area contributed by atoms with Crippen LogP contribution >= 0.6 is 27.5 Å². The molecule has 5 heteroatoms. The number of alkyl halides is 1. The summed E-state index contributed by atoms with van der Waals surface area (Å²) in [5, 5.41) is 12.6. The van der Waals surface area contributed by atoms with E-state index in [0.29, 0.717) is 6.54 Å². The van der Waals surface area contributed by atoms with Gasteiger partial charge in [-0.15, -0.1) is 11.6 Å². The molecule has 2 N–H and O–H groups in total. The van der Waals surface area contributed by atoms with Crippen LogP contribution in [-0.4, -0.2) is 23.6 Å². The zero-order chi connectivity index (χ0) is 15.2. The van der Waals surface area contributed by atoms with E-state index in [1.165, 1.54) is 0 Å². The molecule has 0 saturated heterocycles. The second-order valence-corrected chi connectivity index (χ2v) is 5.95. The average Bonchev–Trinajstić information content (AvgIpc) is 2.48. The molecule has 0 saturated carbocycles. The first-order chi connectivity index (χ1) is 10.1. The number of benzene rings is 2. The first-order valence-corrected chi connectivity index (χ1v) is 7.93. The van der Waals surface area contributed by atoms with Gasteiger partial charge in [0, 0.05) is 16.7 Å². The summed E-state index contributed by atoms with van der Waals surface area (Å²) < 4.78 is 6.81. The lowest BCUT2D eigenvalue weighted by molar-refractivity contribution is 0.211. The van der Waals surface area contributed by atoms with E-state index in [2.05, 4.69) is 21.2 Å². The molecule has 0 aromatic heterocycles. The predicted octanol–water partition coefficient (Wildman–Crippen LogP) is 4.56. The first-order valence-electron chi connectivity index (χ1n) is 6.60. The van der Waals surface area contributed by atoms with E-state index in [4.69, 9.17) is 16.3 Å². The zero-order valence-electron chi connectivity index (χ0n) is 11.6. The van der Waals surface area contributed by atoms with Gasteiger partial charge < -0.3 is 15.2 Å². The summed E-state index contributed by atoms with van der Waals surface area (Å²) in [7, 11) is 0. The second-order valence-electron chi connectivity index (χ2n) is 4.72. The molecule has 3 nitrogen and oxygen atoms in total. The van der Waals surface area contributed by atoms with Gasteiger partial charge in [-0.25, -0.2) is 0 Å². The van der Waals surface area contributed by atoms with Gasteiger partial charge in [-0.1, -0.05) is 15.9 Å². The van der Waals surface area contributed by atoms with Crippen molar-refractivity contribution in [2.24, 2.45) is 0 Å². The fourth-order valence-corrected chi connectivity index (χ4v) is 2.19. The van der Waals surface area contributed by atoms with Crippen molar-refractivity contribution >= 4 is 33.2 Å². The van der Waals surface area contributed by atoms with Crippen LogP contribution in [0.4, 0.5) is 5.69 Å². The van der Waals surface area contributed by atoms with Gasteiger partial charge in [-0.05, 0) is 55.0 Å². The van der Waals surface area contributed by atoms with Crippen molar-refractivity contribution in [3.05, 3.63) is 52.5 Å². The third-order valence-electron chi connectivity index (χ3n) is 2.95. The molecule has 2 aromatic carbocycles. The van der Waals surface area contributed by atoms with Gasteiger partial charge in [0.2, 0.25) is 0 Å². The number of rotatable bonds is 6. The number of ether oxygens (including phenoxy) is 1. The van der Waals surface area contributed by atoms with Crippen LogP contribution in [0.15, 0.2) is 46.9 Å². The quantitative estimate of drug-likeness (QED) is 0.732. The van der Waals surface area contributed by atoms with Crippen LogP contribution in [0, 0.1) is 6.92 Å². The smallest absolute Gasteiger partial charge is 0.127 e. The van der Waals surface area contributed by atoms with Crippen molar-refractivity contribution in [3.8, 4) is 11.5 Å². The fourth-order valence-electron chi connectivity index (χ4n) is 1.82. The number of halogens is 2. The lowest BCUT2D eigenvalue weighted by Gasteiger charge is -2.14. The van der Waals surface area contributed by atoms with Crippen molar-refractivity contribution in [3.63, 3.8) is 0 Å². The van der Waals surface area contributed by atoms with Crippen molar-refractivity contribution in [1.82, 2.24) is 0 Å². The Morgan fingerprint density at radius 3 is 2.48 bits per heavy atom. The Labute approximate surface area is 138 Å². The molecule has 0 bridgehead atoms. The largest absolute Gasteiger partial charge is 0.457 e. The van der Waals surface area contributed by atoms with Crippen LogP contribution in [0.5, 0.6) is 11.5 Å². The molecule has 0 spiro atoms. The minimum atomic E-state index is -0.551. The summed E-state index contributed by atoms with van der Waals surface area (Å²) in [5.74, 6) is 1.78. The second kappa shape index (κ2) is 7.69. The number of anilines is 1. The van der Waals surface area contributed by atoms with E-state index in [1.807, 2.05) is 49.4 Å². The van der Waals surface area contributed by atoms with Crippen molar-refractivity contribution in [2.75, 3.05) is 17.7 Å². The summed E-state index contributed by atoms with van der Waals surface area (Å²) in [6.45, 7) is 2.42. The highest BCUT2D eigenvalue weighted by atomic mass is 79.9. The van der Waals surface area contributed by atoms with Crippen LogP contribution in [0.3, 0.4) is 0 Å². The minimum Gasteiger partial charge on any atom is -0.457 e. The van der Waals surface area contributed by atoms with Gasteiger partial charge in [0.1, 0.15) is 11.5 Å². The number of hydrogen-bond acceptors (Lipinski definition) is 3. The molecule has 1 atom stereocenters. The van der Waals surface area contributed by atoms with E-state index < -0.39 is 6.10 Å². The Bertz CT molecular complexity index is 589. The summed E-state index contributed by atoms with van der Waals surface area (Å²) in [6.07, 6.45) is -0.551. The molecule has 0 amide bonds. The van der Waals surface area contributed by atoms with Gasteiger partial charge in [-0.2, -0.15) is 0 Å². The maximum atomic E-state index is 9.46. The monoisotopic (exact) mass is 369 g/mol. The van der Waals surface area contributed by atoms with Crippen LogP contribution in [-0.2, 0) is 0 Å². The molecule has 0 radical (unpaired) electrons. The Morgan fingerprint density at radius 1 is 1.19 bits per heavy atom. The zero-order valence-corrected chi connectivity index (χ0v) is 14.0. The molecular weight excluding hydrogens is 354 g/mol. The third-order valence-corrected chi connectivity index (χ3v) is 3.84. The molecule has 0 aliphatic rings. The fraction of sp³-hybridized carbons (Fsp3) is 0.250. The van der Waals surface area contributed by atoms with Crippen molar-refractivity contribution in [1.29, 1.82) is 0 Å². The van der Waals surface area contributed by atoms with Gasteiger partial charge in [0.25, 0.3) is 0 Å². The summed E-state index contributed by atoms with van der Waals surface area (Å²) in [4.78, 5) is 0. The average molecular weight is 371 g/mol. The molecule has 0 heterocycles. The standard InChI is InChI=1S/C16H17BrClNO2/c1-11-8-15(21-14-4-2-12(17)3-5-14)6-7-16(11)19-10-13(20)9-18/h2-8,13,19-20H,9-10H2,1H3. The van der Waals surface area contributed by atoms with Gasteiger partial charge in [0.05, 0.1) is 12.0 Å². The molecule has 0 fully saturated rings. The Balaban J connectivity index is 2.03. The van der Waals surface area contributed by atoms with Crippen LogP contribution in [0.1, 0.15) is 5.56 Å². The normalized spacial score (nSPS) is 12.0. The van der Waals surface area contributed by atoms with E-state index in [0.717, 1.165) is 27.2 Å². The van der Waals surface area contributed by atoms with E-state index >= 15 is 0 Å². The third kappa shape index (κ3) is 4.92. The molecule has 1 unspecified atom stereocenters. The van der Waals surface area contributed by atoms with Crippen LogP contribution in [0.2, 0.25) is 0 Å². The van der Waals surface area contributed by atoms with Crippen molar-refractivity contribution < 1.29 is 9.84 Å². The number of aryl methyl sites for hydroxylation is 1. The van der Waals surface area contributed by atoms with E-state index in [1.54, 1.807) is 0 Å². The molecule has 0 aliphatic heterocycles. The highest BCUT2D eigenvalue weighted by Gasteiger charge is 2.05. The van der Waals surface area contributed by atoms with E-state index in [9.17, 15) is 5.11 Å². The first kappa shape index (κ1) is 16.1. The summed E-state index contributed by atoms with van der Waals surface area (Å²) in [5.41, 5.74) is 2.01. The maximum absolute atomic E-state index is 9.46. The lowest BCUT2D eigenvalue weighted by atomic mass is 10.2. The van der Waals surface area contributed by atoms with E-state index in [-0.39, 0.29) is 5.88 Å². The highest BCUT2D eigenvalue weighted by molar-refractivity contribution is 9.10. The number of hydrogen-bond donors (Lipinski definition) is 2. The Hall–Kier alpha value is -1.23. The number of aliphatic hydroxyl groups is 1. The number of aliphatic hydroxyl groups excluding tert-OH is 1. The Morgan fingerprint density at radius 2 is 1.86 bits per heavy atom. The maximum Gasteiger partial charge on any atom is 0.127 e. The Kier molecular flexibility index (Phi) is 5.91. The highest BCUT2D eigenvalue weighted by Crippen LogP contribution is 2.27. The molecule has 21 heavy (non-hydrogen) atoms. The summed E-state index contributed by atoms with van der Waals surface area (Å²) >= 11 is 8.96. The van der Waals surface area contributed by atoms with Gasteiger partial charge in [0.15, 0.2) is 0 Å². The van der Waals surface area contributed by atoms with Gasteiger partial charge in [-0.3, -0.25) is 0 Å². The molecular formula is C16H17BrClNO2. The van der Waals surface area contributed by atoms with Gasteiger partial charge >= 0.3 is 0 Å². The summed E-state index contributed by atoms with van der Waals surface area (Å²) in [6, 6.07) is 13.5. The SMILES string of the molecule is Cc1cc(Oc2ccc(Br)cc2)ccc1NCC(O)CCl. The molecule has 2 aromatic rings. The lowest BCUT2D eigenvalue weighted by Crippen LogP contribution is -2.21. The molecule has 112 valence electrons. The van der Waals surface area contributed by atoms with Crippen molar-refractivity contribution in [2.45, 2.75) is 13.0 Å². The number of nitrogens with one attached hydrogen (secondary N) is 1. The predicted molar refractivity (Wildman–Crippen MR) is 90.6 cm³/mol. The topological polar surface area (TPSA) is 41.5 Å². The molecule has 2 rings (SSSR count). The minimum absolute atomic E-state index is 0.219.